The van der Waals surface area contributed by atoms with E-state index in [0.717, 1.165) is 23.5 Å². The Labute approximate surface area is 261 Å². The van der Waals surface area contributed by atoms with Crippen LogP contribution in [0.3, 0.4) is 0 Å². The van der Waals surface area contributed by atoms with E-state index in [9.17, 15) is 14.4 Å². The van der Waals surface area contributed by atoms with Crippen LogP contribution in [0.4, 0.5) is 11.4 Å². The molecule has 0 spiro atoms. The van der Waals surface area contributed by atoms with Gasteiger partial charge in [0.1, 0.15) is 17.2 Å². The summed E-state index contributed by atoms with van der Waals surface area (Å²) in [5, 5.41) is 8.46. The van der Waals surface area contributed by atoms with Crippen LogP contribution in [0, 0.1) is 0 Å². The largest absolute Gasteiger partial charge is 0.497 e. The van der Waals surface area contributed by atoms with Crippen molar-refractivity contribution in [3.8, 4) is 11.5 Å². The van der Waals surface area contributed by atoms with Gasteiger partial charge in [-0.3, -0.25) is 14.4 Å². The molecule has 9 heteroatoms. The molecule has 0 unspecified atom stereocenters. The van der Waals surface area contributed by atoms with Crippen LogP contribution in [0.1, 0.15) is 35.7 Å². The number of thioether (sulfide) groups is 1. The van der Waals surface area contributed by atoms with Gasteiger partial charge in [0.15, 0.2) is 0 Å². The average Bonchev–Trinajstić information content (AvgIpc) is 3.05. The molecule has 0 aliphatic heterocycles. The first-order valence-electron chi connectivity index (χ1n) is 14.2. The van der Waals surface area contributed by atoms with Gasteiger partial charge in [0, 0.05) is 21.8 Å². The topological polar surface area (TPSA) is 106 Å². The number of hydrogen-bond donors (Lipinski definition) is 3. The maximum atomic E-state index is 13.3. The van der Waals surface area contributed by atoms with Crippen LogP contribution in [-0.4, -0.2) is 37.2 Å². The molecule has 226 valence electrons. The maximum absolute atomic E-state index is 13.3. The Morgan fingerprint density at radius 1 is 0.773 bits per heavy atom. The monoisotopic (exact) mass is 609 g/mol. The van der Waals surface area contributed by atoms with Crippen molar-refractivity contribution in [3.05, 3.63) is 120 Å². The summed E-state index contributed by atoms with van der Waals surface area (Å²) in [6.07, 6.45) is 3.67. The Morgan fingerprint density at radius 3 is 2.07 bits per heavy atom. The number of rotatable bonds is 14. The summed E-state index contributed by atoms with van der Waals surface area (Å²) in [4.78, 5) is 39.5. The van der Waals surface area contributed by atoms with Gasteiger partial charge in [0.2, 0.25) is 5.91 Å². The van der Waals surface area contributed by atoms with Crippen molar-refractivity contribution in [1.82, 2.24) is 5.32 Å². The Hall–Kier alpha value is -5.02. The van der Waals surface area contributed by atoms with E-state index >= 15 is 0 Å². The summed E-state index contributed by atoms with van der Waals surface area (Å²) in [6, 6.07) is 30.3. The van der Waals surface area contributed by atoms with Crippen molar-refractivity contribution >= 4 is 46.9 Å². The van der Waals surface area contributed by atoms with Crippen molar-refractivity contribution in [2.45, 2.75) is 24.7 Å². The lowest BCUT2D eigenvalue weighted by Gasteiger charge is -2.12. The molecular weight excluding hydrogens is 574 g/mol. The average molecular weight is 610 g/mol. The number of amides is 3. The minimum Gasteiger partial charge on any atom is -0.497 e. The smallest absolute Gasteiger partial charge is 0.272 e. The molecule has 0 radical (unpaired) electrons. The van der Waals surface area contributed by atoms with Gasteiger partial charge in [0.25, 0.3) is 11.8 Å². The van der Waals surface area contributed by atoms with Crippen LogP contribution < -0.4 is 25.4 Å². The molecule has 0 atom stereocenters. The van der Waals surface area contributed by atoms with E-state index in [0.29, 0.717) is 34.9 Å². The van der Waals surface area contributed by atoms with Crippen LogP contribution in [-0.2, 0) is 9.59 Å². The number of unbranched alkanes of at least 4 members (excludes halogenated alkanes) is 1. The minimum absolute atomic E-state index is 0.0831. The maximum Gasteiger partial charge on any atom is 0.272 e. The lowest BCUT2D eigenvalue weighted by Crippen LogP contribution is -2.30. The molecule has 0 saturated carbocycles. The van der Waals surface area contributed by atoms with Crippen LogP contribution in [0.15, 0.2) is 114 Å². The van der Waals surface area contributed by atoms with E-state index in [1.807, 2.05) is 42.5 Å². The van der Waals surface area contributed by atoms with Crippen LogP contribution in [0.25, 0.3) is 6.08 Å². The highest BCUT2D eigenvalue weighted by Gasteiger charge is 2.15. The van der Waals surface area contributed by atoms with Gasteiger partial charge in [-0.25, -0.2) is 0 Å². The van der Waals surface area contributed by atoms with Crippen molar-refractivity contribution in [2.24, 2.45) is 0 Å². The molecule has 0 fully saturated rings. The fraction of sp³-hybridized carbons (Fsp3) is 0.171. The Morgan fingerprint density at radius 2 is 1.41 bits per heavy atom. The third-order valence-corrected chi connectivity index (χ3v) is 7.35. The van der Waals surface area contributed by atoms with Crippen LogP contribution >= 0.6 is 11.8 Å². The van der Waals surface area contributed by atoms with E-state index in [4.69, 9.17) is 9.47 Å². The van der Waals surface area contributed by atoms with E-state index < -0.39 is 11.8 Å². The lowest BCUT2D eigenvalue weighted by molar-refractivity contribution is -0.114. The molecule has 44 heavy (non-hydrogen) atoms. The van der Waals surface area contributed by atoms with Crippen molar-refractivity contribution in [1.29, 1.82) is 0 Å². The van der Waals surface area contributed by atoms with Crippen LogP contribution in [0.5, 0.6) is 11.5 Å². The second kappa shape index (κ2) is 16.6. The van der Waals surface area contributed by atoms with E-state index in [1.54, 1.807) is 73.8 Å². The highest BCUT2D eigenvalue weighted by atomic mass is 32.2. The fourth-order valence-corrected chi connectivity index (χ4v) is 4.66. The molecule has 3 N–H and O–H groups in total. The van der Waals surface area contributed by atoms with E-state index in [2.05, 4.69) is 22.9 Å². The third kappa shape index (κ3) is 10.1. The van der Waals surface area contributed by atoms with Gasteiger partial charge in [0.05, 0.1) is 19.5 Å². The summed E-state index contributed by atoms with van der Waals surface area (Å²) >= 11 is 1.38. The molecule has 8 nitrogen and oxygen atoms in total. The summed E-state index contributed by atoms with van der Waals surface area (Å²) in [5.41, 5.74) is 2.47. The molecule has 0 aliphatic carbocycles. The molecule has 4 rings (SSSR count). The fourth-order valence-electron chi connectivity index (χ4n) is 3.96. The highest BCUT2D eigenvalue weighted by molar-refractivity contribution is 8.00. The summed E-state index contributed by atoms with van der Waals surface area (Å²) in [7, 11) is 1.58. The van der Waals surface area contributed by atoms with Gasteiger partial charge in [-0.1, -0.05) is 43.7 Å². The van der Waals surface area contributed by atoms with Gasteiger partial charge < -0.3 is 25.4 Å². The zero-order chi connectivity index (χ0) is 31.1. The first-order chi connectivity index (χ1) is 21.4. The van der Waals surface area contributed by atoms with E-state index in [1.165, 1.54) is 11.8 Å². The predicted octanol–water partition coefficient (Wildman–Crippen LogP) is 7.01. The summed E-state index contributed by atoms with van der Waals surface area (Å²) < 4.78 is 10.9. The Kier molecular flexibility index (Phi) is 12.0. The van der Waals surface area contributed by atoms with Crippen LogP contribution in [0.2, 0.25) is 0 Å². The lowest BCUT2D eigenvalue weighted by atomic mass is 10.1. The first-order valence-corrected chi connectivity index (χ1v) is 15.2. The molecule has 0 heterocycles. The standard InChI is InChI=1S/C35H35N3O5S/c1-3-4-22-43-30-18-12-27(13-19-30)36-33(39)24-44-31-20-14-28(15-21-31)37-35(41)32(23-25-10-16-29(42-2)17-11-25)38-34(40)26-8-6-5-7-9-26/h5-21,23H,3-4,22,24H2,1-2H3,(H,36,39)(H,37,41)(H,38,40)/b32-23-. The minimum atomic E-state index is -0.480. The Bertz CT molecular complexity index is 1560. The van der Waals surface area contributed by atoms with Crippen molar-refractivity contribution < 1.29 is 23.9 Å². The number of anilines is 2. The predicted molar refractivity (Wildman–Crippen MR) is 176 cm³/mol. The van der Waals surface area contributed by atoms with Crippen molar-refractivity contribution in [3.63, 3.8) is 0 Å². The SMILES string of the molecule is CCCCOc1ccc(NC(=O)CSc2ccc(NC(=O)/C(=C/c3ccc(OC)cc3)NC(=O)c3ccccc3)cc2)cc1. The zero-order valence-corrected chi connectivity index (χ0v) is 25.5. The molecule has 4 aromatic carbocycles. The third-order valence-electron chi connectivity index (χ3n) is 6.34. The number of carbonyl (C=O) groups is 3. The Balaban J connectivity index is 1.34. The number of nitrogens with one attached hydrogen (secondary N) is 3. The molecule has 0 aliphatic rings. The second-order valence-electron chi connectivity index (χ2n) is 9.69. The highest BCUT2D eigenvalue weighted by Crippen LogP contribution is 2.22. The number of benzene rings is 4. The number of hydrogen-bond acceptors (Lipinski definition) is 6. The normalized spacial score (nSPS) is 10.9. The molecule has 4 aromatic rings. The first kappa shape index (κ1) is 31.9. The van der Waals surface area contributed by atoms with E-state index in [-0.39, 0.29) is 17.4 Å². The summed E-state index contributed by atoms with van der Waals surface area (Å²) in [5.74, 6) is 0.669. The van der Waals surface area contributed by atoms with Gasteiger partial charge in [-0.05, 0) is 90.9 Å². The van der Waals surface area contributed by atoms with Gasteiger partial charge in [-0.2, -0.15) is 0 Å². The van der Waals surface area contributed by atoms with Gasteiger partial charge in [-0.15, -0.1) is 11.8 Å². The molecule has 0 saturated heterocycles. The molecular formula is C35H35N3O5S. The molecule has 3 amide bonds. The number of carbonyl (C=O) groups excluding carboxylic acids is 3. The number of methoxy groups -OCH3 is 1. The number of ether oxygens (including phenoxy) is 2. The van der Waals surface area contributed by atoms with Gasteiger partial charge >= 0.3 is 0 Å². The summed E-state index contributed by atoms with van der Waals surface area (Å²) in [6.45, 7) is 2.79. The molecule has 0 bridgehead atoms. The second-order valence-corrected chi connectivity index (χ2v) is 10.7. The zero-order valence-electron chi connectivity index (χ0n) is 24.7. The molecule has 0 aromatic heterocycles. The quantitative estimate of drug-likeness (QED) is 0.0807. The van der Waals surface area contributed by atoms with Crippen molar-refractivity contribution in [2.75, 3.05) is 30.1 Å².